The molecule has 1 fully saturated rings. The van der Waals surface area contributed by atoms with E-state index in [1.54, 1.807) is 36.3 Å². The van der Waals surface area contributed by atoms with E-state index >= 15 is 0 Å². The van der Waals surface area contributed by atoms with Gasteiger partial charge in [0.15, 0.2) is 0 Å². The van der Waals surface area contributed by atoms with Crippen molar-refractivity contribution in [3.8, 4) is 5.75 Å². The number of aromatic amines is 2. The number of carbonyl (C=O) groups is 2. The Kier molecular flexibility index (Phi) is 5.56. The lowest BCUT2D eigenvalue weighted by Gasteiger charge is -2.31. The average molecular weight is 408 g/mol. The fourth-order valence-corrected chi connectivity index (χ4v) is 3.81. The number of nitrogens with one attached hydrogen (secondary N) is 3. The lowest BCUT2D eigenvalue weighted by molar-refractivity contribution is -0.126. The number of rotatable bonds is 5. The highest BCUT2D eigenvalue weighted by molar-refractivity contribution is 5.94. The summed E-state index contributed by atoms with van der Waals surface area (Å²) in [5.41, 5.74) is 2.72. The number of methoxy groups -OCH3 is 1. The van der Waals surface area contributed by atoms with E-state index < -0.39 is 0 Å². The molecule has 1 saturated heterocycles. The first-order chi connectivity index (χ1) is 14.5. The summed E-state index contributed by atoms with van der Waals surface area (Å²) in [7, 11) is 1.57. The largest absolute Gasteiger partial charge is 0.497 e. The predicted molar refractivity (Wildman–Crippen MR) is 112 cm³/mol. The van der Waals surface area contributed by atoms with Crippen LogP contribution in [0.15, 0.2) is 47.3 Å². The Morgan fingerprint density at radius 1 is 1.10 bits per heavy atom. The third-order valence-corrected chi connectivity index (χ3v) is 5.52. The van der Waals surface area contributed by atoms with Crippen molar-refractivity contribution in [1.29, 1.82) is 0 Å². The van der Waals surface area contributed by atoms with E-state index in [2.05, 4.69) is 15.3 Å². The van der Waals surface area contributed by atoms with Gasteiger partial charge in [-0.2, -0.15) is 0 Å². The Morgan fingerprint density at radius 3 is 2.63 bits per heavy atom. The molecule has 8 nitrogen and oxygen atoms in total. The molecule has 2 aromatic carbocycles. The van der Waals surface area contributed by atoms with Crippen LogP contribution in [-0.4, -0.2) is 46.9 Å². The van der Waals surface area contributed by atoms with Gasteiger partial charge in [-0.15, -0.1) is 0 Å². The van der Waals surface area contributed by atoms with Crippen LogP contribution in [0.25, 0.3) is 11.0 Å². The summed E-state index contributed by atoms with van der Waals surface area (Å²) in [5, 5.41) is 2.97. The van der Waals surface area contributed by atoms with Crippen LogP contribution in [0.5, 0.6) is 5.75 Å². The van der Waals surface area contributed by atoms with Crippen molar-refractivity contribution < 1.29 is 14.3 Å². The molecule has 3 aromatic rings. The summed E-state index contributed by atoms with van der Waals surface area (Å²) >= 11 is 0. The summed E-state index contributed by atoms with van der Waals surface area (Å²) in [4.78, 5) is 43.8. The molecule has 0 unspecified atom stereocenters. The van der Waals surface area contributed by atoms with E-state index in [1.807, 2.05) is 18.2 Å². The number of aromatic nitrogens is 2. The van der Waals surface area contributed by atoms with E-state index in [-0.39, 0.29) is 23.4 Å². The molecule has 0 atom stereocenters. The molecule has 0 spiro atoms. The van der Waals surface area contributed by atoms with Crippen molar-refractivity contribution in [1.82, 2.24) is 20.2 Å². The van der Waals surface area contributed by atoms with Gasteiger partial charge in [0.2, 0.25) is 5.91 Å². The van der Waals surface area contributed by atoms with E-state index in [9.17, 15) is 14.4 Å². The van der Waals surface area contributed by atoms with Crippen molar-refractivity contribution in [2.45, 2.75) is 19.4 Å². The monoisotopic (exact) mass is 408 g/mol. The van der Waals surface area contributed by atoms with E-state index in [0.717, 1.165) is 16.6 Å². The maximum atomic E-state index is 12.7. The van der Waals surface area contributed by atoms with Gasteiger partial charge in [-0.1, -0.05) is 12.1 Å². The topological polar surface area (TPSA) is 107 Å². The number of hydrogen-bond donors (Lipinski definition) is 3. The lowest BCUT2D eigenvalue weighted by atomic mass is 9.95. The molecule has 1 aromatic heterocycles. The molecule has 1 aliphatic heterocycles. The molecule has 2 amide bonds. The molecule has 0 saturated carbocycles. The van der Waals surface area contributed by atoms with Crippen LogP contribution in [0.1, 0.15) is 28.8 Å². The Hall–Kier alpha value is -3.55. The second-order valence-electron chi connectivity index (χ2n) is 7.48. The molecular formula is C22H24N4O4. The van der Waals surface area contributed by atoms with Crippen LogP contribution in [0.2, 0.25) is 0 Å². The van der Waals surface area contributed by atoms with Gasteiger partial charge in [0.1, 0.15) is 5.75 Å². The zero-order valence-corrected chi connectivity index (χ0v) is 16.7. The van der Waals surface area contributed by atoms with Gasteiger partial charge in [-0.05, 0) is 48.7 Å². The van der Waals surface area contributed by atoms with E-state index in [0.29, 0.717) is 43.8 Å². The van der Waals surface area contributed by atoms with Crippen LogP contribution in [0, 0.1) is 5.92 Å². The van der Waals surface area contributed by atoms with Crippen LogP contribution >= 0.6 is 0 Å². The van der Waals surface area contributed by atoms with Crippen molar-refractivity contribution in [2.75, 3.05) is 20.2 Å². The Labute approximate surface area is 173 Å². The van der Waals surface area contributed by atoms with Gasteiger partial charge >= 0.3 is 5.69 Å². The minimum absolute atomic E-state index is 0.00821. The second kappa shape index (κ2) is 8.44. The van der Waals surface area contributed by atoms with Crippen LogP contribution in [0.4, 0.5) is 0 Å². The molecular weight excluding hydrogens is 384 g/mol. The summed E-state index contributed by atoms with van der Waals surface area (Å²) in [6, 6.07) is 12.7. The number of nitrogens with zero attached hydrogens (tertiary/aromatic N) is 1. The molecule has 4 rings (SSSR count). The summed E-state index contributed by atoms with van der Waals surface area (Å²) in [6.07, 6.45) is 1.26. The third-order valence-electron chi connectivity index (χ3n) is 5.52. The smallest absolute Gasteiger partial charge is 0.323 e. The number of likely N-dealkylation sites (tertiary alicyclic amines) is 1. The highest BCUT2D eigenvalue weighted by Gasteiger charge is 2.27. The molecule has 156 valence electrons. The first kappa shape index (κ1) is 19.8. The first-order valence-corrected chi connectivity index (χ1v) is 9.95. The number of fused-ring (bicyclic) bond motifs is 1. The molecule has 0 radical (unpaired) electrons. The second-order valence-corrected chi connectivity index (χ2v) is 7.48. The SMILES string of the molecule is COc1cccc(C(=O)N2CCC(C(=O)NCc3ccc4[nH]c(=O)[nH]c4c3)CC2)c1. The van der Waals surface area contributed by atoms with Crippen molar-refractivity contribution >= 4 is 22.8 Å². The maximum absolute atomic E-state index is 12.7. The zero-order chi connectivity index (χ0) is 21.1. The number of amides is 2. The minimum atomic E-state index is -0.249. The number of benzene rings is 2. The van der Waals surface area contributed by atoms with Gasteiger partial charge < -0.3 is 24.9 Å². The van der Waals surface area contributed by atoms with E-state index in [4.69, 9.17) is 4.74 Å². The quantitative estimate of drug-likeness (QED) is 0.600. The van der Waals surface area contributed by atoms with Crippen LogP contribution in [-0.2, 0) is 11.3 Å². The van der Waals surface area contributed by atoms with E-state index in [1.165, 1.54) is 0 Å². The highest BCUT2D eigenvalue weighted by atomic mass is 16.5. The minimum Gasteiger partial charge on any atom is -0.497 e. The zero-order valence-electron chi connectivity index (χ0n) is 16.7. The standard InChI is InChI=1S/C22H24N4O4/c1-30-17-4-2-3-16(12-17)21(28)26-9-7-15(8-10-26)20(27)23-13-14-5-6-18-19(11-14)25-22(29)24-18/h2-6,11-12,15H,7-10,13H2,1H3,(H,23,27)(H2,24,25,29). The molecule has 3 N–H and O–H groups in total. The van der Waals surface area contributed by atoms with Crippen molar-refractivity contribution in [2.24, 2.45) is 5.92 Å². The fraction of sp³-hybridized carbons (Fsp3) is 0.318. The van der Waals surface area contributed by atoms with Gasteiger partial charge in [-0.3, -0.25) is 9.59 Å². The normalized spacial score (nSPS) is 14.6. The van der Waals surface area contributed by atoms with Crippen molar-refractivity contribution in [3.05, 3.63) is 64.1 Å². The Bertz CT molecular complexity index is 1130. The number of ether oxygens (including phenoxy) is 1. The predicted octanol–water partition coefficient (Wildman–Crippen LogP) is 2.03. The molecule has 8 heteroatoms. The molecule has 2 heterocycles. The Morgan fingerprint density at radius 2 is 1.87 bits per heavy atom. The van der Waals surface area contributed by atoms with Crippen LogP contribution in [0.3, 0.4) is 0 Å². The maximum Gasteiger partial charge on any atom is 0.323 e. The lowest BCUT2D eigenvalue weighted by Crippen LogP contribution is -2.42. The Balaban J connectivity index is 1.30. The van der Waals surface area contributed by atoms with Gasteiger partial charge in [0, 0.05) is 31.1 Å². The van der Waals surface area contributed by atoms with Gasteiger partial charge in [-0.25, -0.2) is 4.79 Å². The fourth-order valence-electron chi connectivity index (χ4n) is 3.81. The number of carbonyl (C=O) groups excluding carboxylic acids is 2. The number of imidazole rings is 1. The van der Waals surface area contributed by atoms with Crippen molar-refractivity contribution in [3.63, 3.8) is 0 Å². The summed E-state index contributed by atoms with van der Waals surface area (Å²) < 4.78 is 5.19. The molecule has 0 aliphatic carbocycles. The summed E-state index contributed by atoms with van der Waals surface area (Å²) in [6.45, 7) is 1.49. The molecule has 30 heavy (non-hydrogen) atoms. The average Bonchev–Trinajstić information content (AvgIpc) is 3.16. The number of H-pyrrole nitrogens is 2. The number of hydrogen-bond acceptors (Lipinski definition) is 4. The highest BCUT2D eigenvalue weighted by Crippen LogP contribution is 2.21. The molecule has 0 bridgehead atoms. The van der Waals surface area contributed by atoms with Crippen LogP contribution < -0.4 is 15.7 Å². The van der Waals surface area contributed by atoms with Gasteiger partial charge in [0.05, 0.1) is 18.1 Å². The van der Waals surface area contributed by atoms with Gasteiger partial charge in [0.25, 0.3) is 5.91 Å². The number of piperidine rings is 1. The summed E-state index contributed by atoms with van der Waals surface area (Å²) in [5.74, 6) is 0.486. The third kappa shape index (κ3) is 4.22. The molecule has 1 aliphatic rings. The first-order valence-electron chi connectivity index (χ1n) is 9.95.